The second-order valence-corrected chi connectivity index (χ2v) is 5.96. The summed E-state index contributed by atoms with van der Waals surface area (Å²) in [5.74, 6) is -0.130. The third-order valence-electron chi connectivity index (χ3n) is 3.69. The van der Waals surface area contributed by atoms with Gasteiger partial charge in [0.2, 0.25) is 0 Å². The van der Waals surface area contributed by atoms with Gasteiger partial charge in [0.1, 0.15) is 0 Å². The lowest BCUT2D eigenvalue weighted by Gasteiger charge is -2.23. The van der Waals surface area contributed by atoms with Crippen molar-refractivity contribution in [3.8, 4) is 0 Å². The molecule has 1 unspecified atom stereocenters. The van der Waals surface area contributed by atoms with Crippen LogP contribution in [0.5, 0.6) is 0 Å². The Labute approximate surface area is 126 Å². The molecule has 1 aromatic carbocycles. The van der Waals surface area contributed by atoms with E-state index in [9.17, 15) is 14.9 Å². The summed E-state index contributed by atoms with van der Waals surface area (Å²) in [4.78, 5) is 26.0. The van der Waals surface area contributed by atoms with Crippen LogP contribution >= 0.6 is 11.3 Å². The third-order valence-corrected chi connectivity index (χ3v) is 4.66. The topological polar surface area (TPSA) is 63.4 Å². The zero-order valence-electron chi connectivity index (χ0n) is 11.3. The molecule has 2 heterocycles. The Hall–Kier alpha value is -2.21. The van der Waals surface area contributed by atoms with Gasteiger partial charge >= 0.3 is 0 Å². The second-order valence-electron chi connectivity index (χ2n) is 4.98. The van der Waals surface area contributed by atoms with Crippen LogP contribution in [0.25, 0.3) is 0 Å². The predicted molar refractivity (Wildman–Crippen MR) is 80.4 cm³/mol. The van der Waals surface area contributed by atoms with Crippen LogP contribution in [0.4, 0.5) is 5.69 Å². The number of hydrogen-bond acceptors (Lipinski definition) is 4. The molecule has 1 aliphatic heterocycles. The fraction of sp³-hybridized carbons (Fsp3) is 0.267. The highest BCUT2D eigenvalue weighted by atomic mass is 32.1. The van der Waals surface area contributed by atoms with Gasteiger partial charge in [-0.05, 0) is 30.4 Å². The maximum atomic E-state index is 12.6. The van der Waals surface area contributed by atoms with E-state index < -0.39 is 4.92 Å². The highest BCUT2D eigenvalue weighted by molar-refractivity contribution is 7.10. The molecule has 0 saturated carbocycles. The van der Waals surface area contributed by atoms with Crippen LogP contribution in [0.15, 0.2) is 41.8 Å². The summed E-state index contributed by atoms with van der Waals surface area (Å²) in [7, 11) is 0. The average Bonchev–Trinajstić information content (AvgIpc) is 3.17. The number of rotatable bonds is 3. The molecule has 1 aromatic heterocycles. The molecule has 0 radical (unpaired) electrons. The van der Waals surface area contributed by atoms with Gasteiger partial charge in [0.05, 0.1) is 11.0 Å². The van der Waals surface area contributed by atoms with E-state index in [2.05, 4.69) is 0 Å². The summed E-state index contributed by atoms with van der Waals surface area (Å²) >= 11 is 1.64. The van der Waals surface area contributed by atoms with Crippen LogP contribution in [-0.2, 0) is 0 Å². The van der Waals surface area contributed by atoms with Gasteiger partial charge in [-0.2, -0.15) is 0 Å². The number of amides is 1. The Morgan fingerprint density at radius 2 is 2.19 bits per heavy atom. The molecule has 1 atom stereocenters. The van der Waals surface area contributed by atoms with Gasteiger partial charge in [-0.1, -0.05) is 12.1 Å². The van der Waals surface area contributed by atoms with E-state index in [-0.39, 0.29) is 17.6 Å². The van der Waals surface area contributed by atoms with Crippen LogP contribution in [0.3, 0.4) is 0 Å². The average molecular weight is 302 g/mol. The highest BCUT2D eigenvalue weighted by Crippen LogP contribution is 2.35. The number of nitro groups is 1. The van der Waals surface area contributed by atoms with Crippen molar-refractivity contribution in [1.82, 2.24) is 4.90 Å². The number of hydrogen-bond donors (Lipinski definition) is 0. The largest absolute Gasteiger partial charge is 0.331 e. The summed E-state index contributed by atoms with van der Waals surface area (Å²) in [5.41, 5.74) is 0.334. The number of benzene rings is 1. The molecule has 108 valence electrons. The molecule has 0 bridgehead atoms. The van der Waals surface area contributed by atoms with Crippen molar-refractivity contribution in [3.63, 3.8) is 0 Å². The molecule has 1 aliphatic rings. The summed E-state index contributed by atoms with van der Waals surface area (Å²) in [5, 5.41) is 12.8. The maximum absolute atomic E-state index is 12.6. The normalized spacial score (nSPS) is 17.9. The Bertz CT molecular complexity index is 669. The number of carbonyl (C=O) groups is 1. The Balaban J connectivity index is 1.87. The van der Waals surface area contributed by atoms with Crippen molar-refractivity contribution in [3.05, 3.63) is 62.3 Å². The maximum Gasteiger partial charge on any atom is 0.270 e. The van der Waals surface area contributed by atoms with E-state index in [4.69, 9.17) is 0 Å². The zero-order chi connectivity index (χ0) is 14.8. The molecule has 5 nitrogen and oxygen atoms in total. The number of carbonyl (C=O) groups excluding carboxylic acids is 1. The van der Waals surface area contributed by atoms with Crippen molar-refractivity contribution in [2.45, 2.75) is 18.9 Å². The van der Waals surface area contributed by atoms with E-state index in [1.807, 2.05) is 22.4 Å². The molecule has 0 spiro atoms. The van der Waals surface area contributed by atoms with Crippen molar-refractivity contribution < 1.29 is 9.72 Å². The lowest BCUT2D eigenvalue weighted by Crippen LogP contribution is -2.30. The lowest BCUT2D eigenvalue weighted by atomic mass is 10.1. The first kappa shape index (κ1) is 13.8. The molecule has 2 aromatic rings. The Morgan fingerprint density at radius 3 is 2.90 bits per heavy atom. The second kappa shape index (κ2) is 5.65. The minimum Gasteiger partial charge on any atom is -0.331 e. The molecular weight excluding hydrogens is 288 g/mol. The van der Waals surface area contributed by atoms with E-state index in [1.54, 1.807) is 23.5 Å². The molecule has 21 heavy (non-hydrogen) atoms. The molecule has 0 N–H and O–H groups in total. The molecule has 1 amide bonds. The number of nitrogens with zero attached hydrogens (tertiary/aromatic N) is 2. The van der Waals surface area contributed by atoms with Crippen molar-refractivity contribution in [2.75, 3.05) is 6.54 Å². The Morgan fingerprint density at radius 1 is 1.33 bits per heavy atom. The monoisotopic (exact) mass is 302 g/mol. The minimum absolute atomic E-state index is 0.0484. The molecule has 6 heteroatoms. The van der Waals surface area contributed by atoms with E-state index in [0.29, 0.717) is 12.1 Å². The standard InChI is InChI=1S/C15H14N2O3S/c18-15(11-4-1-5-12(10-11)17(19)20)16-8-2-6-13(16)14-7-3-9-21-14/h1,3-5,7,9-10,13H,2,6,8H2. The van der Waals surface area contributed by atoms with E-state index in [0.717, 1.165) is 12.8 Å². The fourth-order valence-electron chi connectivity index (χ4n) is 2.70. The summed E-state index contributed by atoms with van der Waals surface area (Å²) < 4.78 is 0. The Kier molecular flexibility index (Phi) is 3.70. The van der Waals surface area contributed by atoms with Gasteiger partial charge in [-0.3, -0.25) is 14.9 Å². The van der Waals surface area contributed by atoms with Gasteiger partial charge in [-0.15, -0.1) is 11.3 Å². The van der Waals surface area contributed by atoms with Crippen molar-refractivity contribution in [2.24, 2.45) is 0 Å². The molecule has 1 fully saturated rings. The van der Waals surface area contributed by atoms with Gasteiger partial charge < -0.3 is 4.90 Å². The van der Waals surface area contributed by atoms with Crippen molar-refractivity contribution >= 4 is 22.9 Å². The summed E-state index contributed by atoms with van der Waals surface area (Å²) in [6, 6.07) is 10.1. The predicted octanol–water partition coefficient (Wildman–Crippen LogP) is 3.63. The number of thiophene rings is 1. The first-order chi connectivity index (χ1) is 10.2. The van der Waals surface area contributed by atoms with E-state index in [1.165, 1.54) is 17.0 Å². The van der Waals surface area contributed by atoms with E-state index >= 15 is 0 Å². The minimum atomic E-state index is -0.475. The molecular formula is C15H14N2O3S. The summed E-state index contributed by atoms with van der Waals surface area (Å²) in [6.07, 6.45) is 1.91. The van der Waals surface area contributed by atoms with Crippen molar-refractivity contribution in [1.29, 1.82) is 0 Å². The quantitative estimate of drug-likeness (QED) is 0.642. The summed E-state index contributed by atoms with van der Waals surface area (Å²) in [6.45, 7) is 0.699. The first-order valence-electron chi connectivity index (χ1n) is 6.75. The van der Waals surface area contributed by atoms with Crippen LogP contribution in [0, 0.1) is 10.1 Å². The first-order valence-corrected chi connectivity index (χ1v) is 7.63. The molecule has 0 aliphatic carbocycles. The SMILES string of the molecule is O=C(c1cccc([N+](=O)[O-])c1)N1CCCC1c1cccs1. The smallest absolute Gasteiger partial charge is 0.270 e. The van der Waals surface area contributed by atoms with Crippen LogP contribution < -0.4 is 0 Å². The van der Waals surface area contributed by atoms with Gasteiger partial charge in [-0.25, -0.2) is 0 Å². The van der Waals surface area contributed by atoms with Gasteiger partial charge in [0, 0.05) is 29.1 Å². The lowest BCUT2D eigenvalue weighted by molar-refractivity contribution is -0.384. The van der Waals surface area contributed by atoms with Gasteiger partial charge in [0.25, 0.3) is 11.6 Å². The fourth-order valence-corrected chi connectivity index (χ4v) is 3.58. The highest BCUT2D eigenvalue weighted by Gasteiger charge is 2.31. The van der Waals surface area contributed by atoms with Crippen LogP contribution in [0.1, 0.15) is 34.1 Å². The molecule has 1 saturated heterocycles. The third kappa shape index (κ3) is 2.67. The number of non-ortho nitro benzene ring substituents is 1. The van der Waals surface area contributed by atoms with Gasteiger partial charge in [0.15, 0.2) is 0 Å². The number of nitro benzene ring substituents is 1. The van der Waals surface area contributed by atoms with Crippen LogP contribution in [-0.4, -0.2) is 22.3 Å². The zero-order valence-corrected chi connectivity index (χ0v) is 12.1. The van der Waals surface area contributed by atoms with Crippen LogP contribution in [0.2, 0.25) is 0 Å². The molecule has 3 rings (SSSR count). The number of likely N-dealkylation sites (tertiary alicyclic amines) is 1.